The zero-order valence-corrected chi connectivity index (χ0v) is 21.2. The Labute approximate surface area is 186 Å². The Kier molecular flexibility index (Phi) is 23.8. The third-order valence-corrected chi connectivity index (χ3v) is 6.71. The molecule has 1 unspecified atom stereocenters. The van der Waals surface area contributed by atoms with Gasteiger partial charge in [-0.3, -0.25) is 0 Å². The van der Waals surface area contributed by atoms with Gasteiger partial charge in [-0.25, -0.2) is 0 Å². The summed E-state index contributed by atoms with van der Waals surface area (Å²) in [6.07, 6.45) is 34.8. The van der Waals surface area contributed by atoms with Crippen LogP contribution < -0.4 is 0 Å². The number of hydrogen-bond acceptors (Lipinski definition) is 0. The number of hydrogen-bond donors (Lipinski definition) is 0. The highest BCUT2D eigenvalue weighted by molar-refractivity contribution is 4.81. The lowest BCUT2D eigenvalue weighted by Crippen LogP contribution is -2.08. The Morgan fingerprint density at radius 3 is 1.24 bits per heavy atom. The van der Waals surface area contributed by atoms with Gasteiger partial charge in [-0.05, 0) is 37.5 Å². The second-order valence-corrected chi connectivity index (χ2v) is 9.93. The average molecular weight is 407 g/mol. The zero-order valence-electron chi connectivity index (χ0n) is 21.2. The third-order valence-electron chi connectivity index (χ3n) is 6.71. The van der Waals surface area contributed by atoms with E-state index in [0.29, 0.717) is 0 Å². The summed E-state index contributed by atoms with van der Waals surface area (Å²) in [6.45, 7) is 9.46. The molecule has 0 saturated carbocycles. The molecule has 0 rings (SSSR count). The highest BCUT2D eigenvalue weighted by atomic mass is 14.2. The van der Waals surface area contributed by atoms with E-state index >= 15 is 0 Å². The summed E-state index contributed by atoms with van der Waals surface area (Å²) in [5, 5.41) is 0. The molecule has 0 radical (unpaired) electrons. The lowest BCUT2D eigenvalue weighted by atomic mass is 9.86. The fourth-order valence-corrected chi connectivity index (χ4v) is 4.48. The van der Waals surface area contributed by atoms with Crippen LogP contribution in [0.5, 0.6) is 0 Å². The highest BCUT2D eigenvalue weighted by Crippen LogP contribution is 2.25. The van der Waals surface area contributed by atoms with Crippen LogP contribution in [-0.2, 0) is 0 Å². The quantitative estimate of drug-likeness (QED) is 0.117. The summed E-state index contributed by atoms with van der Waals surface area (Å²) in [6, 6.07) is 0. The number of rotatable bonds is 23. The maximum atomic E-state index is 2.43. The molecule has 0 heteroatoms. The molecule has 0 aliphatic rings. The van der Waals surface area contributed by atoms with Gasteiger partial charge in [-0.1, -0.05) is 149 Å². The molecular formula is C29H58. The van der Waals surface area contributed by atoms with E-state index < -0.39 is 0 Å². The number of allylic oxidation sites excluding steroid dienone is 2. The van der Waals surface area contributed by atoms with Gasteiger partial charge in [-0.2, -0.15) is 0 Å². The van der Waals surface area contributed by atoms with Crippen molar-refractivity contribution in [3.05, 3.63) is 12.2 Å². The maximum absolute atomic E-state index is 2.43. The van der Waals surface area contributed by atoms with E-state index in [-0.39, 0.29) is 0 Å². The first-order chi connectivity index (χ1) is 14.2. The van der Waals surface area contributed by atoms with E-state index in [1.54, 1.807) is 0 Å². The molecule has 0 amide bonds. The standard InChI is InChI=1S/C29H58/c1-5-7-9-10-11-12-13-14-15-16-17-18-19-20-21-22-23-25-27-29(28(3)4)26-24-8-6-2/h11-12,28-29H,5-10,13-27H2,1-4H3. The van der Waals surface area contributed by atoms with E-state index in [1.807, 2.05) is 0 Å². The SMILES string of the molecule is CCCCCC=CCCCCCCCCCCCCCC(CCCCC)C(C)C. The summed E-state index contributed by atoms with van der Waals surface area (Å²) in [5.41, 5.74) is 0. The molecule has 0 aliphatic carbocycles. The predicted molar refractivity (Wildman–Crippen MR) is 136 cm³/mol. The van der Waals surface area contributed by atoms with Gasteiger partial charge >= 0.3 is 0 Å². The second-order valence-electron chi connectivity index (χ2n) is 9.93. The summed E-state index contributed by atoms with van der Waals surface area (Å²) < 4.78 is 0. The molecule has 0 aromatic rings. The molecule has 0 N–H and O–H groups in total. The summed E-state index contributed by atoms with van der Waals surface area (Å²) in [4.78, 5) is 0. The monoisotopic (exact) mass is 406 g/mol. The molecule has 0 aliphatic heterocycles. The third kappa shape index (κ3) is 22.3. The van der Waals surface area contributed by atoms with E-state index in [0.717, 1.165) is 11.8 Å². The van der Waals surface area contributed by atoms with Crippen LogP contribution in [0.15, 0.2) is 12.2 Å². The first-order valence-electron chi connectivity index (χ1n) is 13.9. The van der Waals surface area contributed by atoms with Crippen molar-refractivity contribution >= 4 is 0 Å². The Balaban J connectivity index is 3.28. The van der Waals surface area contributed by atoms with Gasteiger partial charge in [0.1, 0.15) is 0 Å². The molecule has 0 heterocycles. The normalized spacial score (nSPS) is 13.0. The second kappa shape index (κ2) is 24.0. The van der Waals surface area contributed by atoms with Crippen LogP contribution in [0.25, 0.3) is 0 Å². The van der Waals surface area contributed by atoms with Crippen molar-refractivity contribution in [1.82, 2.24) is 0 Å². The van der Waals surface area contributed by atoms with Crippen LogP contribution in [0, 0.1) is 11.8 Å². The topological polar surface area (TPSA) is 0 Å². The van der Waals surface area contributed by atoms with Crippen molar-refractivity contribution in [3.8, 4) is 0 Å². The molecule has 0 aromatic heterocycles. The first-order valence-corrected chi connectivity index (χ1v) is 13.9. The van der Waals surface area contributed by atoms with Gasteiger partial charge in [0.15, 0.2) is 0 Å². The highest BCUT2D eigenvalue weighted by Gasteiger charge is 2.12. The van der Waals surface area contributed by atoms with Crippen molar-refractivity contribution in [2.45, 2.75) is 163 Å². The summed E-state index contributed by atoms with van der Waals surface area (Å²) in [5.74, 6) is 1.87. The Hall–Kier alpha value is -0.260. The van der Waals surface area contributed by atoms with E-state index in [4.69, 9.17) is 0 Å². The maximum Gasteiger partial charge on any atom is -0.0351 e. The minimum Gasteiger partial charge on any atom is -0.0885 e. The van der Waals surface area contributed by atoms with Gasteiger partial charge in [-0.15, -0.1) is 0 Å². The summed E-state index contributed by atoms with van der Waals surface area (Å²) in [7, 11) is 0. The molecular weight excluding hydrogens is 348 g/mol. The van der Waals surface area contributed by atoms with Gasteiger partial charge in [0.05, 0.1) is 0 Å². The molecule has 174 valence electrons. The van der Waals surface area contributed by atoms with E-state index in [9.17, 15) is 0 Å². The number of unbranched alkanes of at least 4 members (excludes halogenated alkanes) is 16. The molecule has 0 fully saturated rings. The fraction of sp³-hybridized carbons (Fsp3) is 0.931. The first kappa shape index (κ1) is 28.7. The Bertz CT molecular complexity index is 314. The molecule has 0 bridgehead atoms. The van der Waals surface area contributed by atoms with Crippen molar-refractivity contribution < 1.29 is 0 Å². The predicted octanol–water partition coefficient (Wildman–Crippen LogP) is 11.0. The Morgan fingerprint density at radius 2 is 0.793 bits per heavy atom. The molecule has 29 heavy (non-hydrogen) atoms. The minimum atomic E-state index is 0.883. The van der Waals surface area contributed by atoms with Gasteiger partial charge in [0.25, 0.3) is 0 Å². The fourth-order valence-electron chi connectivity index (χ4n) is 4.48. The molecule has 0 spiro atoms. The summed E-state index contributed by atoms with van der Waals surface area (Å²) >= 11 is 0. The minimum absolute atomic E-state index is 0.883. The smallest absolute Gasteiger partial charge is 0.0351 e. The van der Waals surface area contributed by atoms with Crippen LogP contribution in [0.4, 0.5) is 0 Å². The average Bonchev–Trinajstić information content (AvgIpc) is 2.71. The van der Waals surface area contributed by atoms with Crippen molar-refractivity contribution in [3.63, 3.8) is 0 Å². The molecule has 0 saturated heterocycles. The van der Waals surface area contributed by atoms with Crippen molar-refractivity contribution in [2.24, 2.45) is 11.8 Å². The molecule has 0 aromatic carbocycles. The lowest BCUT2D eigenvalue weighted by Gasteiger charge is -2.20. The largest absolute Gasteiger partial charge is 0.0885 e. The van der Waals surface area contributed by atoms with Gasteiger partial charge in [0.2, 0.25) is 0 Å². The van der Waals surface area contributed by atoms with Crippen LogP contribution in [-0.4, -0.2) is 0 Å². The van der Waals surface area contributed by atoms with Gasteiger partial charge in [0, 0.05) is 0 Å². The van der Waals surface area contributed by atoms with Crippen LogP contribution in [0.2, 0.25) is 0 Å². The Morgan fingerprint density at radius 1 is 0.448 bits per heavy atom. The molecule has 0 nitrogen and oxygen atoms in total. The van der Waals surface area contributed by atoms with Crippen molar-refractivity contribution in [1.29, 1.82) is 0 Å². The zero-order chi connectivity index (χ0) is 21.4. The van der Waals surface area contributed by atoms with Crippen molar-refractivity contribution in [2.75, 3.05) is 0 Å². The van der Waals surface area contributed by atoms with E-state index in [1.165, 1.54) is 135 Å². The van der Waals surface area contributed by atoms with Crippen LogP contribution in [0.3, 0.4) is 0 Å². The van der Waals surface area contributed by atoms with Gasteiger partial charge < -0.3 is 0 Å². The van der Waals surface area contributed by atoms with Crippen LogP contribution in [0.1, 0.15) is 163 Å². The van der Waals surface area contributed by atoms with Crippen LogP contribution >= 0.6 is 0 Å². The van der Waals surface area contributed by atoms with E-state index in [2.05, 4.69) is 39.8 Å². The lowest BCUT2D eigenvalue weighted by molar-refractivity contribution is 0.314. The molecule has 1 atom stereocenters.